The van der Waals surface area contributed by atoms with E-state index < -0.39 is 5.54 Å². The molecule has 1 saturated carbocycles. The summed E-state index contributed by atoms with van der Waals surface area (Å²) in [5.41, 5.74) is 5.96. The van der Waals surface area contributed by atoms with Gasteiger partial charge in [0.05, 0.1) is 23.6 Å². The summed E-state index contributed by atoms with van der Waals surface area (Å²) in [6.45, 7) is 0. The molecule has 3 rings (SSSR count). The lowest BCUT2D eigenvalue weighted by molar-refractivity contribution is -0.121. The summed E-state index contributed by atoms with van der Waals surface area (Å²) in [7, 11) is 0. The maximum Gasteiger partial charge on any atom is 0.250 e. The summed E-state index contributed by atoms with van der Waals surface area (Å²) in [5, 5.41) is 6.94. The Kier molecular flexibility index (Phi) is 3.19. The minimum Gasteiger partial charge on any atom is -0.322 e. The van der Waals surface area contributed by atoms with Crippen LogP contribution in [-0.4, -0.2) is 31.2 Å². The third-order valence-electron chi connectivity index (χ3n) is 3.55. The van der Waals surface area contributed by atoms with Crippen LogP contribution in [0.25, 0.3) is 5.95 Å². The Labute approximate surface area is 116 Å². The number of anilines is 1. The van der Waals surface area contributed by atoms with Crippen molar-refractivity contribution in [3.63, 3.8) is 0 Å². The van der Waals surface area contributed by atoms with Crippen LogP contribution < -0.4 is 11.1 Å². The van der Waals surface area contributed by atoms with E-state index in [0.717, 1.165) is 25.7 Å². The minimum absolute atomic E-state index is 0.150. The van der Waals surface area contributed by atoms with Gasteiger partial charge in [0.2, 0.25) is 11.9 Å². The smallest absolute Gasteiger partial charge is 0.250 e. The fraction of sp³-hybridized carbons (Fsp3) is 0.385. The lowest BCUT2D eigenvalue weighted by atomic mass is 9.98. The lowest BCUT2D eigenvalue weighted by Gasteiger charge is -2.21. The summed E-state index contributed by atoms with van der Waals surface area (Å²) in [6.07, 6.45) is 9.97. The van der Waals surface area contributed by atoms with Gasteiger partial charge in [-0.15, -0.1) is 0 Å². The number of carbonyl (C=O) groups is 1. The molecule has 0 bridgehead atoms. The fourth-order valence-electron chi connectivity index (χ4n) is 2.39. The molecule has 0 atom stereocenters. The molecule has 7 heteroatoms. The Morgan fingerprint density at radius 2 is 2.00 bits per heavy atom. The molecule has 2 aromatic rings. The molecule has 0 saturated heterocycles. The van der Waals surface area contributed by atoms with Crippen molar-refractivity contribution in [2.75, 3.05) is 5.32 Å². The highest BCUT2D eigenvalue weighted by Gasteiger charge is 2.37. The van der Waals surface area contributed by atoms with Crippen LogP contribution in [0.5, 0.6) is 0 Å². The van der Waals surface area contributed by atoms with Crippen LogP contribution in [0.4, 0.5) is 5.69 Å². The standard InChI is InChI=1S/C13H16N6O/c14-13(4-1-2-5-13)11(20)18-10-8-17-19(9-10)12-15-6-3-7-16-12/h3,6-9H,1-2,4-5,14H2,(H,18,20). The molecule has 0 aliphatic heterocycles. The van der Waals surface area contributed by atoms with Gasteiger partial charge in [-0.2, -0.15) is 5.10 Å². The number of nitrogens with one attached hydrogen (secondary N) is 1. The molecule has 2 heterocycles. The number of hydrogen-bond acceptors (Lipinski definition) is 5. The van der Waals surface area contributed by atoms with E-state index >= 15 is 0 Å². The van der Waals surface area contributed by atoms with Crippen LogP contribution in [0.3, 0.4) is 0 Å². The molecule has 7 nitrogen and oxygen atoms in total. The van der Waals surface area contributed by atoms with Gasteiger partial charge in [0, 0.05) is 12.4 Å². The molecule has 20 heavy (non-hydrogen) atoms. The molecule has 0 radical (unpaired) electrons. The van der Waals surface area contributed by atoms with Crippen LogP contribution in [0.1, 0.15) is 25.7 Å². The Bertz CT molecular complexity index is 602. The van der Waals surface area contributed by atoms with E-state index in [1.807, 2.05) is 0 Å². The van der Waals surface area contributed by atoms with Gasteiger partial charge >= 0.3 is 0 Å². The van der Waals surface area contributed by atoms with Crippen LogP contribution in [0.15, 0.2) is 30.9 Å². The van der Waals surface area contributed by atoms with E-state index in [1.54, 1.807) is 30.9 Å². The molecule has 1 aliphatic rings. The normalized spacial score (nSPS) is 17.1. The minimum atomic E-state index is -0.745. The predicted molar refractivity (Wildman–Crippen MR) is 73.2 cm³/mol. The van der Waals surface area contributed by atoms with E-state index in [9.17, 15) is 4.79 Å². The topological polar surface area (TPSA) is 98.7 Å². The highest BCUT2D eigenvalue weighted by atomic mass is 16.2. The first-order valence-corrected chi connectivity index (χ1v) is 6.60. The predicted octanol–water partition coefficient (Wildman–Crippen LogP) is 0.872. The van der Waals surface area contributed by atoms with E-state index in [1.165, 1.54) is 4.68 Å². The van der Waals surface area contributed by atoms with Crippen LogP contribution in [-0.2, 0) is 4.79 Å². The number of nitrogens with zero attached hydrogens (tertiary/aromatic N) is 4. The van der Waals surface area contributed by atoms with Gasteiger partial charge < -0.3 is 11.1 Å². The molecule has 104 valence electrons. The quantitative estimate of drug-likeness (QED) is 0.863. The Morgan fingerprint density at radius 3 is 2.70 bits per heavy atom. The number of amides is 1. The molecule has 2 aromatic heterocycles. The van der Waals surface area contributed by atoms with E-state index in [4.69, 9.17) is 5.73 Å². The van der Waals surface area contributed by atoms with E-state index in [-0.39, 0.29) is 5.91 Å². The number of hydrogen-bond donors (Lipinski definition) is 2. The van der Waals surface area contributed by atoms with Crippen LogP contribution in [0.2, 0.25) is 0 Å². The summed E-state index contributed by atoms with van der Waals surface area (Å²) in [5.74, 6) is 0.305. The molecule has 1 fully saturated rings. The third-order valence-corrected chi connectivity index (χ3v) is 3.55. The summed E-state index contributed by atoms with van der Waals surface area (Å²) >= 11 is 0. The monoisotopic (exact) mass is 272 g/mol. The van der Waals surface area contributed by atoms with Crippen LogP contribution in [0, 0.1) is 0 Å². The zero-order valence-corrected chi connectivity index (χ0v) is 11.0. The van der Waals surface area contributed by atoms with Gasteiger partial charge in [-0.3, -0.25) is 4.79 Å². The first-order chi connectivity index (χ1) is 9.67. The van der Waals surface area contributed by atoms with Gasteiger partial charge in [0.1, 0.15) is 0 Å². The van der Waals surface area contributed by atoms with Crippen molar-refractivity contribution >= 4 is 11.6 Å². The second-order valence-electron chi connectivity index (χ2n) is 5.04. The summed E-state index contributed by atoms with van der Waals surface area (Å²) in [6, 6.07) is 1.73. The van der Waals surface area contributed by atoms with Crippen LogP contribution >= 0.6 is 0 Å². The van der Waals surface area contributed by atoms with E-state index in [0.29, 0.717) is 11.6 Å². The van der Waals surface area contributed by atoms with Crippen molar-refractivity contribution < 1.29 is 4.79 Å². The zero-order chi connectivity index (χ0) is 14.0. The first kappa shape index (κ1) is 12.7. The van der Waals surface area contributed by atoms with Crippen molar-refractivity contribution in [1.82, 2.24) is 19.7 Å². The number of rotatable bonds is 3. The van der Waals surface area contributed by atoms with Crippen molar-refractivity contribution in [2.24, 2.45) is 5.73 Å². The average molecular weight is 272 g/mol. The highest BCUT2D eigenvalue weighted by Crippen LogP contribution is 2.28. The number of aromatic nitrogens is 4. The largest absolute Gasteiger partial charge is 0.322 e. The Hall–Kier alpha value is -2.28. The molecule has 3 N–H and O–H groups in total. The van der Waals surface area contributed by atoms with Crippen molar-refractivity contribution in [3.8, 4) is 5.95 Å². The summed E-state index contributed by atoms with van der Waals surface area (Å²) < 4.78 is 1.51. The number of carbonyl (C=O) groups excluding carboxylic acids is 1. The zero-order valence-electron chi connectivity index (χ0n) is 11.0. The second kappa shape index (κ2) is 5.01. The molecule has 1 aliphatic carbocycles. The highest BCUT2D eigenvalue weighted by molar-refractivity contribution is 5.98. The van der Waals surface area contributed by atoms with Crippen molar-refractivity contribution in [2.45, 2.75) is 31.2 Å². The molecule has 0 aromatic carbocycles. The maximum absolute atomic E-state index is 12.2. The fourth-order valence-corrected chi connectivity index (χ4v) is 2.39. The van der Waals surface area contributed by atoms with Gasteiger partial charge in [0.15, 0.2) is 0 Å². The molecule has 0 unspecified atom stereocenters. The lowest BCUT2D eigenvalue weighted by Crippen LogP contribution is -2.48. The van der Waals surface area contributed by atoms with Crippen molar-refractivity contribution in [1.29, 1.82) is 0 Å². The second-order valence-corrected chi connectivity index (χ2v) is 5.04. The molecule has 0 spiro atoms. The van der Waals surface area contributed by atoms with Gasteiger partial charge in [-0.1, -0.05) is 12.8 Å². The van der Waals surface area contributed by atoms with Gasteiger partial charge in [0.25, 0.3) is 0 Å². The van der Waals surface area contributed by atoms with Crippen molar-refractivity contribution in [3.05, 3.63) is 30.9 Å². The molecular formula is C13H16N6O. The Morgan fingerprint density at radius 1 is 1.30 bits per heavy atom. The SMILES string of the molecule is NC1(C(=O)Nc2cnn(-c3ncccn3)c2)CCCC1. The molecule has 1 amide bonds. The van der Waals surface area contributed by atoms with E-state index in [2.05, 4.69) is 20.4 Å². The average Bonchev–Trinajstić information content (AvgIpc) is 3.10. The third kappa shape index (κ3) is 2.39. The number of nitrogens with two attached hydrogens (primary N) is 1. The maximum atomic E-state index is 12.2. The Balaban J connectivity index is 1.73. The summed E-state index contributed by atoms with van der Waals surface area (Å²) in [4.78, 5) is 20.3. The van der Waals surface area contributed by atoms with Gasteiger partial charge in [-0.25, -0.2) is 14.6 Å². The molecular weight excluding hydrogens is 256 g/mol. The first-order valence-electron chi connectivity index (χ1n) is 6.60. The van der Waals surface area contributed by atoms with Gasteiger partial charge in [-0.05, 0) is 18.9 Å².